The lowest BCUT2D eigenvalue weighted by atomic mass is 10.0. The van der Waals surface area contributed by atoms with Gasteiger partial charge in [-0.2, -0.15) is 5.01 Å². The Morgan fingerprint density at radius 2 is 1.92 bits per heavy atom. The summed E-state index contributed by atoms with van der Waals surface area (Å²) in [4.78, 5) is 31.3. The number of carboxylic acids is 1. The van der Waals surface area contributed by atoms with Gasteiger partial charge in [-0.15, -0.1) is 4.91 Å². The van der Waals surface area contributed by atoms with Crippen molar-refractivity contribution in [3.05, 3.63) is 4.91 Å². The summed E-state index contributed by atoms with van der Waals surface area (Å²) in [7, 11) is 0. The van der Waals surface area contributed by atoms with E-state index in [9.17, 15) is 14.5 Å². The maximum absolute atomic E-state index is 10.6. The van der Waals surface area contributed by atoms with Gasteiger partial charge in [-0.05, 0) is 5.92 Å². The summed E-state index contributed by atoms with van der Waals surface area (Å²) in [5.74, 6) is -1.75. The van der Waals surface area contributed by atoms with Crippen molar-refractivity contribution in [2.45, 2.75) is 19.9 Å². The number of nitrogens with zero attached hydrogens (tertiary/aromatic N) is 2. The third-order valence-electron chi connectivity index (χ3n) is 1.46. The molecule has 13 heavy (non-hydrogen) atoms. The summed E-state index contributed by atoms with van der Waals surface area (Å²) in [5, 5.41) is 11.1. The van der Waals surface area contributed by atoms with E-state index in [4.69, 9.17) is 10.8 Å². The summed E-state index contributed by atoms with van der Waals surface area (Å²) < 4.78 is 0. The van der Waals surface area contributed by atoms with Crippen molar-refractivity contribution in [3.63, 3.8) is 0 Å². The number of hydrogen-bond acceptors (Lipinski definition) is 4. The number of amides is 2. The molecule has 0 bridgehead atoms. The number of carboxylic acid groups (broad SMARTS) is 1. The molecule has 0 spiro atoms. The number of nitrogens with two attached hydrogens (primary N) is 1. The second-order valence-electron chi connectivity index (χ2n) is 2.79. The maximum atomic E-state index is 10.6. The van der Waals surface area contributed by atoms with E-state index in [0.29, 0.717) is 0 Å². The molecule has 0 saturated heterocycles. The van der Waals surface area contributed by atoms with Crippen molar-refractivity contribution in [1.82, 2.24) is 5.01 Å². The van der Waals surface area contributed by atoms with Crippen LogP contribution in [0, 0.1) is 10.8 Å². The molecule has 0 aliphatic heterocycles. The molecule has 7 heteroatoms. The van der Waals surface area contributed by atoms with Gasteiger partial charge in [-0.25, -0.2) is 9.59 Å². The fraction of sp³-hybridized carbons (Fsp3) is 0.667. The van der Waals surface area contributed by atoms with E-state index < -0.39 is 24.0 Å². The molecule has 0 unspecified atom stereocenters. The Morgan fingerprint density at radius 1 is 1.46 bits per heavy atom. The van der Waals surface area contributed by atoms with Gasteiger partial charge in [0.25, 0.3) is 0 Å². The first-order valence-corrected chi connectivity index (χ1v) is 3.56. The van der Waals surface area contributed by atoms with E-state index in [0.717, 1.165) is 0 Å². The van der Waals surface area contributed by atoms with Gasteiger partial charge in [0.1, 0.15) is 0 Å². The van der Waals surface area contributed by atoms with Crippen LogP contribution in [0.15, 0.2) is 5.29 Å². The minimum atomic E-state index is -1.31. The summed E-state index contributed by atoms with van der Waals surface area (Å²) in [6.45, 7) is 3.08. The van der Waals surface area contributed by atoms with Crippen molar-refractivity contribution in [1.29, 1.82) is 0 Å². The second kappa shape index (κ2) is 4.39. The van der Waals surface area contributed by atoms with Gasteiger partial charge in [-0.3, -0.25) is 0 Å². The third-order valence-corrected chi connectivity index (χ3v) is 1.46. The zero-order valence-corrected chi connectivity index (χ0v) is 7.30. The Bertz CT molecular complexity index is 228. The number of nitroso groups, excluding NO2 is 1. The van der Waals surface area contributed by atoms with E-state index in [2.05, 4.69) is 5.29 Å². The van der Waals surface area contributed by atoms with Crippen LogP contribution in [0.5, 0.6) is 0 Å². The van der Waals surface area contributed by atoms with E-state index in [1.807, 2.05) is 0 Å². The highest BCUT2D eigenvalue weighted by molar-refractivity contribution is 5.81. The lowest BCUT2D eigenvalue weighted by Crippen LogP contribution is -2.47. The number of hydrogen-bond donors (Lipinski definition) is 2. The maximum Gasteiger partial charge on any atom is 0.338 e. The van der Waals surface area contributed by atoms with Crippen molar-refractivity contribution < 1.29 is 14.7 Å². The predicted molar refractivity (Wildman–Crippen MR) is 43.5 cm³/mol. The van der Waals surface area contributed by atoms with Crippen LogP contribution in [-0.4, -0.2) is 28.2 Å². The molecule has 0 aromatic heterocycles. The van der Waals surface area contributed by atoms with Crippen LogP contribution in [0.25, 0.3) is 0 Å². The van der Waals surface area contributed by atoms with E-state index in [1.54, 1.807) is 13.8 Å². The molecule has 1 atom stereocenters. The molecule has 0 heterocycles. The zero-order chi connectivity index (χ0) is 10.6. The van der Waals surface area contributed by atoms with Crippen LogP contribution in [0.2, 0.25) is 0 Å². The average Bonchev–Trinajstić information content (AvgIpc) is 1.97. The van der Waals surface area contributed by atoms with Crippen molar-refractivity contribution >= 4 is 12.0 Å². The number of aliphatic carboxylic acids is 1. The Hall–Kier alpha value is -1.66. The fourth-order valence-corrected chi connectivity index (χ4v) is 0.900. The second-order valence-corrected chi connectivity index (χ2v) is 2.79. The average molecular weight is 189 g/mol. The molecule has 0 aliphatic rings. The molecule has 0 aromatic carbocycles. The van der Waals surface area contributed by atoms with E-state index in [1.165, 1.54) is 0 Å². The largest absolute Gasteiger partial charge is 0.480 e. The Labute approximate surface area is 74.4 Å². The van der Waals surface area contributed by atoms with Crippen LogP contribution in [0.4, 0.5) is 4.79 Å². The molecule has 0 rings (SSSR count). The molecule has 0 saturated carbocycles. The van der Waals surface area contributed by atoms with E-state index in [-0.39, 0.29) is 5.01 Å². The number of urea groups is 1. The minimum Gasteiger partial charge on any atom is -0.480 e. The summed E-state index contributed by atoms with van der Waals surface area (Å²) in [6, 6.07) is -2.48. The first-order valence-electron chi connectivity index (χ1n) is 3.56. The fourth-order valence-electron chi connectivity index (χ4n) is 0.900. The smallest absolute Gasteiger partial charge is 0.338 e. The Balaban J connectivity index is 4.79. The van der Waals surface area contributed by atoms with Crippen LogP contribution in [0.1, 0.15) is 13.8 Å². The first kappa shape index (κ1) is 11.3. The standard InChI is InChI=1S/C6H11N3O4/c1-3(2)4(5(10)11)9(8-13)6(7)12/h3-4H,1-2H3,(H2,7,12)(H,10,11)/t4-/m0/s1. The number of primary amides is 1. The summed E-state index contributed by atoms with van der Waals surface area (Å²) in [6.07, 6.45) is 0. The third kappa shape index (κ3) is 2.69. The number of rotatable bonds is 4. The number of carbonyl (C=O) groups excluding carboxylic acids is 1. The van der Waals surface area contributed by atoms with E-state index >= 15 is 0 Å². The van der Waals surface area contributed by atoms with Gasteiger partial charge >= 0.3 is 12.0 Å². The lowest BCUT2D eigenvalue weighted by Gasteiger charge is -2.21. The molecular formula is C6H11N3O4. The van der Waals surface area contributed by atoms with Crippen molar-refractivity contribution in [2.75, 3.05) is 0 Å². The molecule has 7 nitrogen and oxygen atoms in total. The normalized spacial score (nSPS) is 12.2. The Kier molecular flexibility index (Phi) is 3.83. The molecule has 0 radical (unpaired) electrons. The quantitative estimate of drug-likeness (QED) is 0.484. The SMILES string of the molecule is CC(C)[C@@H](C(=O)O)N(N=O)C(N)=O. The monoisotopic (exact) mass is 189 g/mol. The van der Waals surface area contributed by atoms with Crippen molar-refractivity contribution in [3.8, 4) is 0 Å². The first-order chi connectivity index (χ1) is 5.91. The highest BCUT2D eigenvalue weighted by Gasteiger charge is 2.32. The summed E-state index contributed by atoms with van der Waals surface area (Å²) >= 11 is 0. The van der Waals surface area contributed by atoms with Crippen LogP contribution < -0.4 is 5.73 Å². The highest BCUT2D eigenvalue weighted by Crippen LogP contribution is 2.11. The Morgan fingerprint density at radius 3 is 2.00 bits per heavy atom. The van der Waals surface area contributed by atoms with Gasteiger partial charge in [0.15, 0.2) is 6.04 Å². The molecule has 3 N–H and O–H groups in total. The molecule has 2 amide bonds. The molecule has 74 valence electrons. The molecule has 0 aliphatic carbocycles. The highest BCUT2D eigenvalue weighted by atomic mass is 16.4. The topological polar surface area (TPSA) is 113 Å². The van der Waals surface area contributed by atoms with Crippen molar-refractivity contribution in [2.24, 2.45) is 16.9 Å². The van der Waals surface area contributed by atoms with Gasteiger partial charge in [0, 0.05) is 0 Å². The molecule has 0 aromatic rings. The number of carbonyl (C=O) groups is 2. The van der Waals surface area contributed by atoms with Crippen LogP contribution in [-0.2, 0) is 4.79 Å². The van der Waals surface area contributed by atoms with Crippen LogP contribution >= 0.6 is 0 Å². The zero-order valence-electron chi connectivity index (χ0n) is 7.30. The minimum absolute atomic E-state index is 0.215. The van der Waals surface area contributed by atoms with Gasteiger partial charge in [0.2, 0.25) is 0 Å². The van der Waals surface area contributed by atoms with Gasteiger partial charge in [0.05, 0.1) is 5.29 Å². The molecular weight excluding hydrogens is 178 g/mol. The van der Waals surface area contributed by atoms with Crippen LogP contribution in [0.3, 0.4) is 0 Å². The lowest BCUT2D eigenvalue weighted by molar-refractivity contribution is -0.143. The van der Waals surface area contributed by atoms with Gasteiger partial charge < -0.3 is 10.8 Å². The predicted octanol–water partition coefficient (Wildman–Crippen LogP) is 0.158. The summed E-state index contributed by atoms with van der Waals surface area (Å²) in [5.41, 5.74) is 4.75. The molecule has 0 fully saturated rings. The van der Waals surface area contributed by atoms with Gasteiger partial charge in [-0.1, -0.05) is 13.8 Å².